The summed E-state index contributed by atoms with van der Waals surface area (Å²) in [7, 11) is 0. The van der Waals surface area contributed by atoms with Gasteiger partial charge in [0.05, 0.1) is 11.1 Å². The molecule has 0 N–H and O–H groups in total. The highest BCUT2D eigenvalue weighted by Crippen LogP contribution is 2.32. The highest BCUT2D eigenvalue weighted by Gasteiger charge is 2.18. The van der Waals surface area contributed by atoms with Gasteiger partial charge in [-0.05, 0) is 25.0 Å². The van der Waals surface area contributed by atoms with Gasteiger partial charge in [0, 0.05) is 23.8 Å². The summed E-state index contributed by atoms with van der Waals surface area (Å²) in [6, 6.07) is 12.1. The molecule has 0 amide bonds. The van der Waals surface area contributed by atoms with Crippen molar-refractivity contribution in [1.82, 2.24) is 4.98 Å². The van der Waals surface area contributed by atoms with Gasteiger partial charge in [-0.15, -0.1) is 11.8 Å². The van der Waals surface area contributed by atoms with Gasteiger partial charge in [0.1, 0.15) is 11.1 Å². The Morgan fingerprint density at radius 2 is 2.05 bits per heavy atom. The summed E-state index contributed by atoms with van der Waals surface area (Å²) in [5, 5.41) is 11.7. The Balaban J connectivity index is 1.94. The number of benzene rings is 1. The fraction of sp³-hybridized carbons (Fsp3) is 0.333. The summed E-state index contributed by atoms with van der Waals surface area (Å²) in [5.74, 6) is 0. The van der Waals surface area contributed by atoms with Crippen LogP contribution in [0.1, 0.15) is 18.4 Å². The summed E-state index contributed by atoms with van der Waals surface area (Å²) in [6.07, 6.45) is 2.06. The zero-order valence-electron chi connectivity index (χ0n) is 10.5. The first kappa shape index (κ1) is 12.5. The Bertz CT molecular complexity index is 630. The van der Waals surface area contributed by atoms with E-state index >= 15 is 0 Å². The number of hydrogen-bond acceptors (Lipinski definition) is 4. The monoisotopic (exact) mass is 270 g/mol. The van der Waals surface area contributed by atoms with Gasteiger partial charge in [-0.1, -0.05) is 18.2 Å². The maximum absolute atomic E-state index is 9.28. The van der Waals surface area contributed by atoms with E-state index in [4.69, 9.17) is 4.74 Å². The number of pyridine rings is 1. The summed E-state index contributed by atoms with van der Waals surface area (Å²) < 4.78 is 5.37. The third-order valence-corrected chi connectivity index (χ3v) is 4.60. The molecule has 0 bridgehead atoms. The van der Waals surface area contributed by atoms with Crippen LogP contribution in [0.5, 0.6) is 0 Å². The molecule has 1 aliphatic heterocycles. The molecule has 0 radical (unpaired) electrons. The molecule has 2 heterocycles. The normalized spacial score (nSPS) is 16.4. The van der Waals surface area contributed by atoms with Crippen LogP contribution in [0, 0.1) is 11.3 Å². The van der Waals surface area contributed by atoms with Gasteiger partial charge in [-0.3, -0.25) is 0 Å². The van der Waals surface area contributed by atoms with E-state index in [1.54, 1.807) is 11.8 Å². The van der Waals surface area contributed by atoms with Gasteiger partial charge >= 0.3 is 0 Å². The Labute approximate surface area is 116 Å². The lowest BCUT2D eigenvalue weighted by Gasteiger charge is -2.21. The van der Waals surface area contributed by atoms with Crippen molar-refractivity contribution in [3.05, 3.63) is 35.9 Å². The molecule has 1 aromatic carbocycles. The number of fused-ring (bicyclic) bond motifs is 1. The van der Waals surface area contributed by atoms with Crippen LogP contribution in [0.3, 0.4) is 0 Å². The average molecular weight is 270 g/mol. The highest BCUT2D eigenvalue weighted by molar-refractivity contribution is 7.99. The predicted octanol–water partition coefficient (Wildman–Crippen LogP) is 3.38. The largest absolute Gasteiger partial charge is 0.381 e. The SMILES string of the molecule is N#Cc1cc2ccccc2nc1SC1CCOCC1. The topological polar surface area (TPSA) is 45.9 Å². The zero-order valence-corrected chi connectivity index (χ0v) is 11.3. The summed E-state index contributed by atoms with van der Waals surface area (Å²) in [6.45, 7) is 1.63. The zero-order chi connectivity index (χ0) is 13.1. The van der Waals surface area contributed by atoms with Crippen LogP contribution < -0.4 is 0 Å². The Morgan fingerprint density at radius 3 is 2.84 bits per heavy atom. The molecule has 1 saturated heterocycles. The molecule has 3 rings (SSSR count). The van der Waals surface area contributed by atoms with E-state index in [1.165, 1.54) is 0 Å². The third-order valence-electron chi connectivity index (χ3n) is 3.26. The fourth-order valence-electron chi connectivity index (χ4n) is 2.22. The smallest absolute Gasteiger partial charge is 0.115 e. The predicted molar refractivity (Wildman–Crippen MR) is 76.2 cm³/mol. The van der Waals surface area contributed by atoms with E-state index in [2.05, 4.69) is 11.1 Å². The van der Waals surface area contributed by atoms with Crippen LogP contribution >= 0.6 is 11.8 Å². The first-order valence-electron chi connectivity index (χ1n) is 6.41. The summed E-state index contributed by atoms with van der Waals surface area (Å²) in [5.41, 5.74) is 1.63. The number of hydrogen-bond donors (Lipinski definition) is 0. The van der Waals surface area contributed by atoms with Crippen LogP contribution in [-0.2, 0) is 4.74 Å². The second-order valence-electron chi connectivity index (χ2n) is 4.58. The van der Waals surface area contributed by atoms with Gasteiger partial charge in [0.15, 0.2) is 0 Å². The van der Waals surface area contributed by atoms with Crippen molar-refractivity contribution in [1.29, 1.82) is 5.26 Å². The highest BCUT2D eigenvalue weighted by atomic mass is 32.2. The molecule has 2 aromatic rings. The van der Waals surface area contributed by atoms with Crippen LogP contribution in [0.4, 0.5) is 0 Å². The number of thioether (sulfide) groups is 1. The molecule has 0 atom stereocenters. The van der Waals surface area contributed by atoms with Crippen LogP contribution in [0.2, 0.25) is 0 Å². The molecule has 0 spiro atoms. The minimum atomic E-state index is 0.509. The van der Waals surface area contributed by atoms with Crippen LogP contribution in [0.25, 0.3) is 10.9 Å². The average Bonchev–Trinajstić information content (AvgIpc) is 2.47. The number of aromatic nitrogens is 1. The molecule has 0 aliphatic carbocycles. The molecule has 96 valence electrons. The van der Waals surface area contributed by atoms with Gasteiger partial charge in [0.2, 0.25) is 0 Å². The van der Waals surface area contributed by atoms with Crippen molar-refractivity contribution in [2.45, 2.75) is 23.1 Å². The first-order chi connectivity index (χ1) is 9.36. The van der Waals surface area contributed by atoms with Gasteiger partial charge < -0.3 is 4.74 Å². The van der Waals surface area contributed by atoms with Crippen molar-refractivity contribution < 1.29 is 4.74 Å². The Morgan fingerprint density at radius 1 is 1.26 bits per heavy atom. The van der Waals surface area contributed by atoms with Gasteiger partial charge in [-0.25, -0.2) is 4.98 Å². The quantitative estimate of drug-likeness (QED) is 0.839. The maximum atomic E-state index is 9.28. The third kappa shape index (κ3) is 2.73. The molecule has 1 fully saturated rings. The van der Waals surface area contributed by atoms with Gasteiger partial charge in [-0.2, -0.15) is 5.26 Å². The second-order valence-corrected chi connectivity index (χ2v) is 5.86. The van der Waals surface area contributed by atoms with Crippen LogP contribution in [0.15, 0.2) is 35.4 Å². The second kappa shape index (κ2) is 5.60. The van der Waals surface area contributed by atoms with Gasteiger partial charge in [0.25, 0.3) is 0 Å². The molecular weight excluding hydrogens is 256 g/mol. The lowest BCUT2D eigenvalue weighted by atomic mass is 10.2. The number of rotatable bonds is 2. The standard InChI is InChI=1S/C15H14N2OS/c16-10-12-9-11-3-1-2-4-14(11)17-15(12)19-13-5-7-18-8-6-13/h1-4,9,13H,5-8H2. The minimum absolute atomic E-state index is 0.509. The van der Waals surface area contributed by atoms with Crippen molar-refractivity contribution in [2.75, 3.05) is 13.2 Å². The van der Waals surface area contributed by atoms with E-state index in [0.717, 1.165) is 42.0 Å². The maximum Gasteiger partial charge on any atom is 0.115 e. The van der Waals surface area contributed by atoms with Crippen molar-refractivity contribution in [3.63, 3.8) is 0 Å². The minimum Gasteiger partial charge on any atom is -0.381 e. The van der Waals surface area contributed by atoms with E-state index in [1.807, 2.05) is 30.3 Å². The molecule has 0 saturated carbocycles. The Hall–Kier alpha value is -1.57. The molecule has 1 aliphatic rings. The number of nitriles is 1. The lowest BCUT2D eigenvalue weighted by Crippen LogP contribution is -2.17. The first-order valence-corrected chi connectivity index (χ1v) is 7.29. The molecule has 3 nitrogen and oxygen atoms in total. The van der Waals surface area contributed by atoms with E-state index in [-0.39, 0.29) is 0 Å². The summed E-state index contributed by atoms with van der Waals surface area (Å²) in [4.78, 5) is 4.64. The van der Waals surface area contributed by atoms with E-state index < -0.39 is 0 Å². The van der Waals surface area contributed by atoms with Crippen molar-refractivity contribution in [3.8, 4) is 6.07 Å². The molecule has 1 aromatic heterocycles. The molecule has 4 heteroatoms. The van der Waals surface area contributed by atoms with E-state index in [0.29, 0.717) is 10.8 Å². The number of ether oxygens (including phenoxy) is 1. The van der Waals surface area contributed by atoms with Crippen LogP contribution in [-0.4, -0.2) is 23.4 Å². The number of nitrogens with zero attached hydrogens (tertiary/aromatic N) is 2. The molecular formula is C15H14N2OS. The van der Waals surface area contributed by atoms with Crippen molar-refractivity contribution in [2.24, 2.45) is 0 Å². The molecule has 19 heavy (non-hydrogen) atoms. The Kier molecular flexibility index (Phi) is 3.67. The molecule has 0 unspecified atom stereocenters. The van der Waals surface area contributed by atoms with Crippen molar-refractivity contribution >= 4 is 22.7 Å². The fourth-order valence-corrected chi connectivity index (χ4v) is 3.35. The summed E-state index contributed by atoms with van der Waals surface area (Å²) >= 11 is 1.72. The lowest BCUT2D eigenvalue weighted by molar-refractivity contribution is 0.1000. The van der Waals surface area contributed by atoms with E-state index in [9.17, 15) is 5.26 Å². The number of para-hydroxylation sites is 1.